The van der Waals surface area contributed by atoms with Gasteiger partial charge in [0.15, 0.2) is 0 Å². The first kappa shape index (κ1) is 19.1. The molecular weight excluding hydrogens is 337 g/mol. The quantitative estimate of drug-likeness (QED) is 0.789. The molecule has 1 aromatic heterocycles. The predicted molar refractivity (Wildman–Crippen MR) is 88.2 cm³/mol. The van der Waals surface area contributed by atoms with E-state index in [2.05, 4.69) is 10.3 Å². The normalized spacial score (nSPS) is 21.0. The van der Waals surface area contributed by atoms with Crippen LogP contribution in [0.1, 0.15) is 26.2 Å². The number of carbonyl (C=O) groups excluding carboxylic acids is 1. The molecule has 0 radical (unpaired) electrons. The lowest BCUT2D eigenvalue weighted by Crippen LogP contribution is -2.54. The fourth-order valence-corrected chi connectivity index (χ4v) is 2.84. The Morgan fingerprint density at radius 1 is 1.48 bits per heavy atom. The second kappa shape index (κ2) is 8.26. The van der Waals surface area contributed by atoms with E-state index in [0.29, 0.717) is 17.8 Å². The number of hydrogen-bond acceptors (Lipinski definition) is 5. The summed E-state index contributed by atoms with van der Waals surface area (Å²) in [5.41, 5.74) is 6.62. The Labute approximate surface area is 144 Å². The van der Waals surface area contributed by atoms with E-state index in [4.69, 9.17) is 10.5 Å². The monoisotopic (exact) mass is 360 g/mol. The Balaban J connectivity index is 2.09. The van der Waals surface area contributed by atoms with Gasteiger partial charge in [0.1, 0.15) is 0 Å². The average molecular weight is 360 g/mol. The van der Waals surface area contributed by atoms with E-state index in [-0.39, 0.29) is 26.1 Å². The molecule has 0 saturated carbocycles. The van der Waals surface area contributed by atoms with Gasteiger partial charge in [0.25, 0.3) is 0 Å². The molecule has 2 heterocycles. The van der Waals surface area contributed by atoms with E-state index in [0.717, 1.165) is 6.42 Å². The summed E-state index contributed by atoms with van der Waals surface area (Å²) in [5.74, 6) is -1.56. The molecule has 0 aliphatic carbocycles. The van der Waals surface area contributed by atoms with Crippen molar-refractivity contribution in [2.24, 2.45) is 5.92 Å². The number of nitrogens with one attached hydrogen (secondary N) is 1. The molecule has 0 unspecified atom stereocenters. The number of nitrogens with two attached hydrogens (primary N) is 1. The summed E-state index contributed by atoms with van der Waals surface area (Å²) >= 11 is 0. The number of alkyl carbamates (subject to hydrolysis) is 1. The molecule has 0 spiro atoms. The number of nitrogen functional groups attached to an aromatic ring is 1. The van der Waals surface area contributed by atoms with Crippen LogP contribution in [0.15, 0.2) is 18.5 Å². The van der Waals surface area contributed by atoms with Crippen LogP contribution in [-0.4, -0.2) is 43.0 Å². The van der Waals surface area contributed by atoms with E-state index < -0.39 is 24.2 Å². The fraction of sp³-hybridized carbons (Fsp3) is 0.625. The van der Waals surface area contributed by atoms with Crippen molar-refractivity contribution < 1.29 is 22.7 Å². The summed E-state index contributed by atoms with van der Waals surface area (Å²) < 4.78 is 44.8. The van der Waals surface area contributed by atoms with Crippen molar-refractivity contribution in [1.29, 1.82) is 0 Å². The lowest BCUT2D eigenvalue weighted by molar-refractivity contribution is -0.177. The summed E-state index contributed by atoms with van der Waals surface area (Å²) in [5, 5.41) is 2.54. The molecular formula is C16H23F3N4O2. The molecule has 3 N–H and O–H groups in total. The minimum absolute atomic E-state index is 0.187. The van der Waals surface area contributed by atoms with Crippen molar-refractivity contribution in [2.45, 2.75) is 38.4 Å². The highest BCUT2D eigenvalue weighted by molar-refractivity contribution is 5.69. The maximum Gasteiger partial charge on any atom is 0.407 e. The van der Waals surface area contributed by atoms with E-state index >= 15 is 0 Å². The van der Waals surface area contributed by atoms with Crippen molar-refractivity contribution in [2.75, 3.05) is 30.3 Å². The lowest BCUT2D eigenvalue weighted by atomic mass is 9.93. The maximum absolute atomic E-state index is 13.3. The van der Waals surface area contributed by atoms with Crippen LogP contribution in [0.2, 0.25) is 0 Å². The Morgan fingerprint density at radius 2 is 2.24 bits per heavy atom. The Hall–Kier alpha value is -2.19. The minimum atomic E-state index is -4.35. The van der Waals surface area contributed by atoms with Crippen molar-refractivity contribution >= 4 is 17.5 Å². The number of rotatable bonds is 5. The molecule has 140 valence electrons. The zero-order chi connectivity index (χ0) is 18.4. The van der Waals surface area contributed by atoms with Crippen LogP contribution in [0.5, 0.6) is 0 Å². The summed E-state index contributed by atoms with van der Waals surface area (Å²) in [6, 6.07) is 0.895. The van der Waals surface area contributed by atoms with Gasteiger partial charge in [-0.15, -0.1) is 0 Å². The number of ether oxygens (including phenoxy) is 1. The number of nitrogens with zero attached hydrogens (tertiary/aromatic N) is 2. The minimum Gasteiger partial charge on any atom is -0.450 e. The zero-order valence-electron chi connectivity index (χ0n) is 14.1. The van der Waals surface area contributed by atoms with Crippen LogP contribution in [-0.2, 0) is 4.74 Å². The molecule has 9 heteroatoms. The van der Waals surface area contributed by atoms with Gasteiger partial charge in [-0.2, -0.15) is 13.2 Å². The highest BCUT2D eigenvalue weighted by Crippen LogP contribution is 2.36. The third kappa shape index (κ3) is 5.40. The number of unbranched alkanes of at least 4 members (excludes halogenated alkanes) is 1. The summed E-state index contributed by atoms with van der Waals surface area (Å²) in [4.78, 5) is 17.2. The molecule has 2 rings (SSSR count). The topological polar surface area (TPSA) is 80.5 Å². The number of anilines is 2. The summed E-state index contributed by atoms with van der Waals surface area (Å²) in [6.07, 6.45) is -0.784. The Morgan fingerprint density at radius 3 is 2.88 bits per heavy atom. The molecule has 1 fully saturated rings. The number of amides is 1. The third-order valence-corrected chi connectivity index (χ3v) is 4.14. The zero-order valence-corrected chi connectivity index (χ0v) is 14.1. The standard InChI is InChI=1S/C16H23F3N4O2/c1-2-3-6-25-15(24)22-12-7-11(16(17,18)19)9-23(10-12)14-4-5-21-8-13(14)20/h4-5,8,11-12H,2-3,6-7,9-10,20H2,1H3,(H,22,24)/t11-,12+/m1/s1. The number of halogens is 3. The van der Waals surface area contributed by atoms with Crippen LogP contribution < -0.4 is 16.0 Å². The molecule has 1 aliphatic rings. The molecule has 1 aliphatic heterocycles. The van der Waals surface area contributed by atoms with Crippen molar-refractivity contribution in [3.63, 3.8) is 0 Å². The second-order valence-corrected chi connectivity index (χ2v) is 6.14. The molecule has 1 amide bonds. The van der Waals surface area contributed by atoms with Gasteiger partial charge >= 0.3 is 12.3 Å². The molecule has 6 nitrogen and oxygen atoms in total. The van der Waals surface area contributed by atoms with E-state index in [1.54, 1.807) is 6.07 Å². The highest BCUT2D eigenvalue weighted by atomic mass is 19.4. The van der Waals surface area contributed by atoms with Crippen LogP contribution in [0.3, 0.4) is 0 Å². The van der Waals surface area contributed by atoms with Gasteiger partial charge in [-0.25, -0.2) is 4.79 Å². The molecule has 1 saturated heterocycles. The number of hydrogen-bond donors (Lipinski definition) is 2. The van der Waals surface area contributed by atoms with Crippen LogP contribution >= 0.6 is 0 Å². The smallest absolute Gasteiger partial charge is 0.407 e. The maximum atomic E-state index is 13.3. The average Bonchev–Trinajstić information content (AvgIpc) is 2.54. The molecule has 0 bridgehead atoms. The van der Waals surface area contributed by atoms with Gasteiger partial charge in [-0.05, 0) is 18.9 Å². The lowest BCUT2D eigenvalue weighted by Gasteiger charge is -2.40. The van der Waals surface area contributed by atoms with Gasteiger partial charge in [-0.3, -0.25) is 4.98 Å². The number of aromatic nitrogens is 1. The number of pyridine rings is 1. The molecule has 0 aromatic carbocycles. The summed E-state index contributed by atoms with van der Waals surface area (Å²) in [7, 11) is 0. The van der Waals surface area contributed by atoms with E-state index in [9.17, 15) is 18.0 Å². The Bertz CT molecular complexity index is 583. The Kier molecular flexibility index (Phi) is 6.33. The molecule has 2 atom stereocenters. The third-order valence-electron chi connectivity index (χ3n) is 4.14. The van der Waals surface area contributed by atoms with Crippen LogP contribution in [0.4, 0.5) is 29.3 Å². The number of piperidine rings is 1. The van der Waals surface area contributed by atoms with E-state index in [1.165, 1.54) is 17.3 Å². The van der Waals surface area contributed by atoms with Gasteiger partial charge in [-0.1, -0.05) is 13.3 Å². The predicted octanol–water partition coefficient (Wildman–Crippen LogP) is 2.95. The number of alkyl halides is 3. The van der Waals surface area contributed by atoms with E-state index in [1.807, 2.05) is 6.92 Å². The van der Waals surface area contributed by atoms with Gasteiger partial charge in [0.05, 0.1) is 36.1 Å². The van der Waals surface area contributed by atoms with Crippen LogP contribution in [0, 0.1) is 5.92 Å². The van der Waals surface area contributed by atoms with Crippen molar-refractivity contribution in [3.05, 3.63) is 18.5 Å². The summed E-state index contributed by atoms with van der Waals surface area (Å²) in [6.45, 7) is 2.22. The molecule has 1 aromatic rings. The second-order valence-electron chi connectivity index (χ2n) is 6.14. The fourth-order valence-electron chi connectivity index (χ4n) is 2.84. The van der Waals surface area contributed by atoms with Gasteiger partial charge in [0.2, 0.25) is 0 Å². The SMILES string of the molecule is CCCCOC(=O)N[C@H]1C[C@@H](C(F)(F)F)CN(c2ccncc2N)C1. The van der Waals surface area contributed by atoms with Gasteiger partial charge in [0, 0.05) is 19.3 Å². The van der Waals surface area contributed by atoms with Gasteiger partial charge < -0.3 is 20.7 Å². The first-order chi connectivity index (χ1) is 11.8. The first-order valence-electron chi connectivity index (χ1n) is 8.25. The van der Waals surface area contributed by atoms with Crippen molar-refractivity contribution in [1.82, 2.24) is 10.3 Å². The highest BCUT2D eigenvalue weighted by Gasteiger charge is 2.45. The first-order valence-corrected chi connectivity index (χ1v) is 8.25. The molecule has 25 heavy (non-hydrogen) atoms. The largest absolute Gasteiger partial charge is 0.450 e. The number of carbonyl (C=O) groups is 1. The van der Waals surface area contributed by atoms with Crippen LogP contribution in [0.25, 0.3) is 0 Å². The van der Waals surface area contributed by atoms with Crippen molar-refractivity contribution in [3.8, 4) is 0 Å².